The number of H-pyrrole nitrogens is 1. The first kappa shape index (κ1) is 11.8. The van der Waals surface area contributed by atoms with Crippen LogP contribution in [0.25, 0.3) is 10.9 Å². The summed E-state index contributed by atoms with van der Waals surface area (Å²) in [5, 5.41) is 5.02. The number of benzene rings is 1. The minimum absolute atomic E-state index is 0.729. The van der Waals surface area contributed by atoms with Gasteiger partial charge in [-0.15, -0.1) is 0 Å². The second kappa shape index (κ2) is 5.57. The summed E-state index contributed by atoms with van der Waals surface area (Å²) in [5.74, 6) is 0. The topological polar surface area (TPSA) is 27.8 Å². The van der Waals surface area contributed by atoms with Gasteiger partial charge in [-0.25, -0.2) is 0 Å². The summed E-state index contributed by atoms with van der Waals surface area (Å²) in [4.78, 5) is 3.28. The van der Waals surface area contributed by atoms with Crippen LogP contribution in [0.3, 0.4) is 0 Å². The van der Waals surface area contributed by atoms with Crippen LogP contribution in [-0.2, 0) is 6.54 Å². The van der Waals surface area contributed by atoms with Gasteiger partial charge < -0.3 is 10.3 Å². The van der Waals surface area contributed by atoms with Crippen molar-refractivity contribution in [3.8, 4) is 0 Å². The molecule has 0 aliphatic heterocycles. The molecular weight excluding hydrogens is 220 g/mol. The van der Waals surface area contributed by atoms with Crippen molar-refractivity contribution < 1.29 is 0 Å². The van der Waals surface area contributed by atoms with Gasteiger partial charge in [0.05, 0.1) is 0 Å². The van der Waals surface area contributed by atoms with Gasteiger partial charge in [-0.05, 0) is 35.9 Å². The van der Waals surface area contributed by atoms with Crippen molar-refractivity contribution >= 4 is 10.9 Å². The van der Waals surface area contributed by atoms with Crippen molar-refractivity contribution in [2.45, 2.75) is 51.1 Å². The zero-order chi connectivity index (χ0) is 12.2. The molecule has 1 aromatic heterocycles. The first-order valence-electron chi connectivity index (χ1n) is 7.21. The summed E-state index contributed by atoms with van der Waals surface area (Å²) in [5.41, 5.74) is 2.63. The normalized spacial score (nSPS) is 18.0. The summed E-state index contributed by atoms with van der Waals surface area (Å²) in [6.07, 6.45) is 10.3. The molecule has 96 valence electrons. The van der Waals surface area contributed by atoms with Gasteiger partial charge in [0.2, 0.25) is 0 Å². The fourth-order valence-electron chi connectivity index (χ4n) is 2.95. The van der Waals surface area contributed by atoms with E-state index in [1.807, 2.05) is 6.20 Å². The molecule has 1 saturated carbocycles. The molecule has 1 aromatic carbocycles. The number of rotatable bonds is 3. The average molecular weight is 242 g/mol. The van der Waals surface area contributed by atoms with E-state index in [0.29, 0.717) is 0 Å². The van der Waals surface area contributed by atoms with Gasteiger partial charge in [0.1, 0.15) is 0 Å². The van der Waals surface area contributed by atoms with Crippen LogP contribution in [0.2, 0.25) is 0 Å². The SMILES string of the molecule is c1cc2ccc(CNC3CCCCCC3)cc2[nH]1. The molecule has 2 aromatic rings. The van der Waals surface area contributed by atoms with Gasteiger partial charge in [0, 0.05) is 24.3 Å². The predicted octanol–water partition coefficient (Wildman–Crippen LogP) is 3.98. The molecule has 0 saturated heterocycles. The Morgan fingerprint density at radius 2 is 1.89 bits per heavy atom. The van der Waals surface area contributed by atoms with Crippen LogP contribution in [0.1, 0.15) is 44.1 Å². The Kier molecular flexibility index (Phi) is 3.65. The van der Waals surface area contributed by atoms with Crippen LogP contribution in [-0.4, -0.2) is 11.0 Å². The molecule has 2 N–H and O–H groups in total. The van der Waals surface area contributed by atoms with Crippen molar-refractivity contribution in [3.05, 3.63) is 36.0 Å². The molecule has 1 fully saturated rings. The highest BCUT2D eigenvalue weighted by Gasteiger charge is 2.11. The minimum atomic E-state index is 0.729. The van der Waals surface area contributed by atoms with Gasteiger partial charge >= 0.3 is 0 Å². The molecule has 1 aliphatic carbocycles. The highest BCUT2D eigenvalue weighted by molar-refractivity contribution is 5.79. The molecule has 18 heavy (non-hydrogen) atoms. The molecule has 0 radical (unpaired) electrons. The van der Waals surface area contributed by atoms with Crippen LogP contribution in [0.4, 0.5) is 0 Å². The third-order valence-electron chi connectivity index (χ3n) is 4.07. The highest BCUT2D eigenvalue weighted by atomic mass is 14.9. The molecule has 0 spiro atoms. The van der Waals surface area contributed by atoms with E-state index in [2.05, 4.69) is 34.6 Å². The summed E-state index contributed by atoms with van der Waals surface area (Å²) in [6, 6.07) is 9.55. The zero-order valence-corrected chi connectivity index (χ0v) is 10.9. The molecular formula is C16H22N2. The molecule has 0 bridgehead atoms. The second-order valence-electron chi connectivity index (χ2n) is 5.47. The Balaban J connectivity index is 1.61. The largest absolute Gasteiger partial charge is 0.361 e. The van der Waals surface area contributed by atoms with Gasteiger partial charge in [-0.1, -0.05) is 37.8 Å². The number of hydrogen-bond acceptors (Lipinski definition) is 1. The van der Waals surface area contributed by atoms with Crippen LogP contribution >= 0.6 is 0 Å². The summed E-state index contributed by atoms with van der Waals surface area (Å²) < 4.78 is 0. The minimum Gasteiger partial charge on any atom is -0.361 e. The smallest absolute Gasteiger partial charge is 0.0457 e. The third-order valence-corrected chi connectivity index (χ3v) is 4.07. The van der Waals surface area contributed by atoms with Crippen molar-refractivity contribution in [1.29, 1.82) is 0 Å². The second-order valence-corrected chi connectivity index (χ2v) is 5.47. The van der Waals surface area contributed by atoms with E-state index < -0.39 is 0 Å². The maximum atomic E-state index is 3.72. The molecule has 0 atom stereocenters. The quantitative estimate of drug-likeness (QED) is 0.783. The molecule has 2 heteroatoms. The number of aromatic nitrogens is 1. The lowest BCUT2D eigenvalue weighted by Crippen LogP contribution is -2.27. The van der Waals surface area contributed by atoms with Gasteiger partial charge in [-0.3, -0.25) is 0 Å². The lowest BCUT2D eigenvalue weighted by atomic mass is 10.1. The van der Waals surface area contributed by atoms with Crippen LogP contribution in [0.15, 0.2) is 30.5 Å². The fraction of sp³-hybridized carbons (Fsp3) is 0.500. The van der Waals surface area contributed by atoms with E-state index in [-0.39, 0.29) is 0 Å². The highest BCUT2D eigenvalue weighted by Crippen LogP contribution is 2.18. The standard InChI is InChI=1S/C16H22N2/c1-2-4-6-15(5-3-1)18-12-13-7-8-14-9-10-17-16(14)11-13/h7-11,15,17-18H,1-6,12H2. The molecule has 0 unspecified atom stereocenters. The van der Waals surface area contributed by atoms with Gasteiger partial charge in [0.25, 0.3) is 0 Å². The van der Waals surface area contributed by atoms with E-state index in [0.717, 1.165) is 12.6 Å². The Hall–Kier alpha value is -1.28. The summed E-state index contributed by atoms with van der Waals surface area (Å²) in [7, 11) is 0. The number of fused-ring (bicyclic) bond motifs is 1. The Bertz CT molecular complexity index is 493. The van der Waals surface area contributed by atoms with Gasteiger partial charge in [-0.2, -0.15) is 0 Å². The first-order valence-corrected chi connectivity index (χ1v) is 7.21. The van der Waals surface area contributed by atoms with E-state index in [1.165, 1.54) is 55.0 Å². The van der Waals surface area contributed by atoms with Crippen molar-refractivity contribution in [1.82, 2.24) is 10.3 Å². The van der Waals surface area contributed by atoms with Crippen LogP contribution < -0.4 is 5.32 Å². The van der Waals surface area contributed by atoms with E-state index in [1.54, 1.807) is 0 Å². The Labute approximate surface area is 109 Å². The Morgan fingerprint density at radius 1 is 1.06 bits per heavy atom. The summed E-state index contributed by atoms with van der Waals surface area (Å²) >= 11 is 0. The maximum absolute atomic E-state index is 3.72. The van der Waals surface area contributed by atoms with Crippen LogP contribution in [0.5, 0.6) is 0 Å². The molecule has 2 nitrogen and oxygen atoms in total. The zero-order valence-electron chi connectivity index (χ0n) is 10.9. The lowest BCUT2D eigenvalue weighted by molar-refractivity contribution is 0.459. The monoisotopic (exact) mass is 242 g/mol. The summed E-state index contributed by atoms with van der Waals surface area (Å²) in [6.45, 7) is 1.000. The van der Waals surface area contributed by atoms with Crippen molar-refractivity contribution in [3.63, 3.8) is 0 Å². The van der Waals surface area contributed by atoms with Crippen LogP contribution in [0, 0.1) is 0 Å². The Morgan fingerprint density at radius 3 is 2.72 bits per heavy atom. The van der Waals surface area contributed by atoms with Gasteiger partial charge in [0.15, 0.2) is 0 Å². The molecule has 1 aliphatic rings. The van der Waals surface area contributed by atoms with E-state index >= 15 is 0 Å². The average Bonchev–Trinajstić information content (AvgIpc) is 2.70. The fourth-order valence-corrected chi connectivity index (χ4v) is 2.95. The lowest BCUT2D eigenvalue weighted by Gasteiger charge is -2.16. The molecule has 1 heterocycles. The van der Waals surface area contributed by atoms with E-state index in [4.69, 9.17) is 0 Å². The predicted molar refractivity (Wildman–Crippen MR) is 76.6 cm³/mol. The first-order chi connectivity index (χ1) is 8.92. The van der Waals surface area contributed by atoms with Crippen molar-refractivity contribution in [2.24, 2.45) is 0 Å². The molecule has 0 amide bonds. The number of hydrogen-bond donors (Lipinski definition) is 2. The number of nitrogens with one attached hydrogen (secondary N) is 2. The van der Waals surface area contributed by atoms with E-state index in [9.17, 15) is 0 Å². The maximum Gasteiger partial charge on any atom is 0.0457 e. The van der Waals surface area contributed by atoms with Crippen molar-refractivity contribution in [2.75, 3.05) is 0 Å². The number of aromatic amines is 1. The molecule has 3 rings (SSSR count). The third kappa shape index (κ3) is 2.75.